The fourth-order valence-corrected chi connectivity index (χ4v) is 1.25. The van der Waals surface area contributed by atoms with Crippen molar-refractivity contribution in [2.45, 2.75) is 33.1 Å². The normalized spacial score (nSPS) is 9.64. The Bertz CT molecular complexity index is 193. The molecule has 0 aromatic rings. The minimum atomic E-state index is 0.0656. The lowest BCUT2D eigenvalue weighted by molar-refractivity contribution is -0.128. The van der Waals surface area contributed by atoms with E-state index in [4.69, 9.17) is 0 Å². The van der Waals surface area contributed by atoms with Gasteiger partial charge in [-0.15, -0.1) is 0 Å². The molecule has 0 bridgehead atoms. The molecule has 0 rings (SSSR count). The van der Waals surface area contributed by atoms with Crippen LogP contribution in [0.2, 0.25) is 0 Å². The fraction of sp³-hybridized carbons (Fsp3) is 0.800. The molecule has 4 nitrogen and oxygen atoms in total. The summed E-state index contributed by atoms with van der Waals surface area (Å²) in [6.45, 7) is 5.03. The highest BCUT2D eigenvalue weighted by molar-refractivity contribution is 5.75. The first kappa shape index (κ1) is 12.9. The molecule has 2 amide bonds. The molecular formula is C10H20N2O2. The van der Waals surface area contributed by atoms with E-state index in [0.717, 1.165) is 25.9 Å². The van der Waals surface area contributed by atoms with Crippen molar-refractivity contribution in [2.75, 3.05) is 20.1 Å². The number of hydrogen-bond donors (Lipinski definition) is 1. The van der Waals surface area contributed by atoms with Gasteiger partial charge in [0.1, 0.15) is 0 Å². The number of rotatable bonds is 6. The van der Waals surface area contributed by atoms with Gasteiger partial charge in [-0.25, -0.2) is 0 Å². The largest absolute Gasteiger partial charge is 0.359 e. The summed E-state index contributed by atoms with van der Waals surface area (Å²) in [5.41, 5.74) is 0. The van der Waals surface area contributed by atoms with Crippen LogP contribution >= 0.6 is 0 Å². The average molecular weight is 200 g/mol. The second-order valence-corrected chi connectivity index (χ2v) is 3.23. The van der Waals surface area contributed by atoms with E-state index in [1.165, 1.54) is 0 Å². The molecule has 0 unspecified atom stereocenters. The van der Waals surface area contributed by atoms with Gasteiger partial charge in [0.2, 0.25) is 11.8 Å². The molecule has 0 fully saturated rings. The Morgan fingerprint density at radius 2 is 1.93 bits per heavy atom. The standard InChI is InChI=1S/C10H20N2O2/c1-4-12(9(2)13)8-6-5-7-10(14)11-3/h4-8H2,1-3H3,(H,11,14). The topological polar surface area (TPSA) is 49.4 Å². The third kappa shape index (κ3) is 5.56. The van der Waals surface area contributed by atoms with Gasteiger partial charge in [-0.2, -0.15) is 0 Å². The summed E-state index contributed by atoms with van der Waals surface area (Å²) in [7, 11) is 1.64. The Labute approximate surface area is 85.7 Å². The van der Waals surface area contributed by atoms with Gasteiger partial charge in [-0.3, -0.25) is 9.59 Å². The zero-order valence-electron chi connectivity index (χ0n) is 9.30. The van der Waals surface area contributed by atoms with Crippen molar-refractivity contribution in [2.24, 2.45) is 0 Å². The van der Waals surface area contributed by atoms with Gasteiger partial charge in [0.05, 0.1) is 0 Å². The predicted octanol–water partition coefficient (Wildman–Crippen LogP) is 0.771. The van der Waals surface area contributed by atoms with E-state index in [0.29, 0.717) is 6.42 Å². The number of nitrogens with one attached hydrogen (secondary N) is 1. The number of unbranched alkanes of at least 4 members (excludes halogenated alkanes) is 1. The second-order valence-electron chi connectivity index (χ2n) is 3.23. The molecule has 0 aliphatic carbocycles. The van der Waals surface area contributed by atoms with Crippen LogP contribution in [0.15, 0.2) is 0 Å². The Morgan fingerprint density at radius 1 is 1.29 bits per heavy atom. The lowest BCUT2D eigenvalue weighted by Crippen LogP contribution is -2.29. The van der Waals surface area contributed by atoms with Gasteiger partial charge in [0.15, 0.2) is 0 Å². The molecule has 1 N–H and O–H groups in total. The van der Waals surface area contributed by atoms with Crippen molar-refractivity contribution < 1.29 is 9.59 Å². The van der Waals surface area contributed by atoms with Crippen molar-refractivity contribution in [3.63, 3.8) is 0 Å². The third-order valence-electron chi connectivity index (χ3n) is 2.19. The Morgan fingerprint density at radius 3 is 2.36 bits per heavy atom. The van der Waals surface area contributed by atoms with Crippen LogP contribution < -0.4 is 5.32 Å². The molecule has 0 radical (unpaired) electrons. The van der Waals surface area contributed by atoms with Gasteiger partial charge in [-0.1, -0.05) is 0 Å². The molecule has 0 aromatic carbocycles. The average Bonchev–Trinajstić information content (AvgIpc) is 2.16. The molecule has 0 atom stereocenters. The monoisotopic (exact) mass is 200 g/mol. The van der Waals surface area contributed by atoms with Crippen LogP contribution in [-0.2, 0) is 9.59 Å². The second kappa shape index (κ2) is 7.35. The van der Waals surface area contributed by atoms with Crippen molar-refractivity contribution in [1.29, 1.82) is 0 Å². The summed E-state index contributed by atoms with van der Waals surface area (Å²) < 4.78 is 0. The summed E-state index contributed by atoms with van der Waals surface area (Å²) in [6.07, 6.45) is 2.27. The maximum atomic E-state index is 11.0. The maximum absolute atomic E-state index is 11.0. The molecule has 0 spiro atoms. The Kier molecular flexibility index (Phi) is 6.80. The van der Waals surface area contributed by atoms with E-state index in [1.807, 2.05) is 6.92 Å². The van der Waals surface area contributed by atoms with Gasteiger partial charge >= 0.3 is 0 Å². The predicted molar refractivity (Wildman–Crippen MR) is 55.8 cm³/mol. The van der Waals surface area contributed by atoms with Crippen molar-refractivity contribution >= 4 is 11.8 Å². The van der Waals surface area contributed by atoms with Crippen molar-refractivity contribution in [3.8, 4) is 0 Å². The van der Waals surface area contributed by atoms with E-state index >= 15 is 0 Å². The van der Waals surface area contributed by atoms with Gasteiger partial charge in [-0.05, 0) is 19.8 Å². The van der Waals surface area contributed by atoms with Gasteiger partial charge in [0.25, 0.3) is 0 Å². The zero-order valence-corrected chi connectivity index (χ0v) is 9.30. The first-order valence-corrected chi connectivity index (χ1v) is 5.07. The van der Waals surface area contributed by atoms with Crippen LogP contribution in [0.5, 0.6) is 0 Å². The highest BCUT2D eigenvalue weighted by Crippen LogP contribution is 1.99. The number of carbonyl (C=O) groups excluding carboxylic acids is 2. The van der Waals surface area contributed by atoms with E-state index in [1.54, 1.807) is 18.9 Å². The highest BCUT2D eigenvalue weighted by atomic mass is 16.2. The van der Waals surface area contributed by atoms with E-state index in [9.17, 15) is 9.59 Å². The summed E-state index contributed by atoms with van der Waals surface area (Å²) in [5.74, 6) is 0.170. The smallest absolute Gasteiger partial charge is 0.219 e. The quantitative estimate of drug-likeness (QED) is 0.644. The van der Waals surface area contributed by atoms with Gasteiger partial charge < -0.3 is 10.2 Å². The lowest BCUT2D eigenvalue weighted by atomic mass is 10.2. The first-order valence-electron chi connectivity index (χ1n) is 5.07. The van der Waals surface area contributed by atoms with Crippen LogP contribution in [0.25, 0.3) is 0 Å². The molecule has 4 heteroatoms. The summed E-state index contributed by atoms with van der Waals surface area (Å²) >= 11 is 0. The molecule has 0 aromatic heterocycles. The highest BCUT2D eigenvalue weighted by Gasteiger charge is 2.05. The van der Waals surface area contributed by atoms with Crippen LogP contribution in [-0.4, -0.2) is 36.9 Å². The lowest BCUT2D eigenvalue weighted by Gasteiger charge is -2.18. The van der Waals surface area contributed by atoms with Crippen LogP contribution in [0.3, 0.4) is 0 Å². The van der Waals surface area contributed by atoms with Crippen LogP contribution in [0.4, 0.5) is 0 Å². The van der Waals surface area contributed by atoms with Crippen LogP contribution in [0, 0.1) is 0 Å². The number of nitrogens with zero attached hydrogens (tertiary/aromatic N) is 1. The van der Waals surface area contributed by atoms with Crippen molar-refractivity contribution in [1.82, 2.24) is 10.2 Å². The number of amides is 2. The Balaban J connectivity index is 3.52. The van der Waals surface area contributed by atoms with E-state index in [2.05, 4.69) is 5.32 Å². The van der Waals surface area contributed by atoms with E-state index < -0.39 is 0 Å². The molecule has 0 saturated heterocycles. The molecule has 0 heterocycles. The fourth-order valence-electron chi connectivity index (χ4n) is 1.25. The molecule has 0 saturated carbocycles. The summed E-state index contributed by atoms with van der Waals surface area (Å²) in [6, 6.07) is 0. The first-order chi connectivity index (χ1) is 6.61. The number of carbonyl (C=O) groups is 2. The summed E-state index contributed by atoms with van der Waals surface area (Å²) in [4.78, 5) is 23.7. The molecular weight excluding hydrogens is 180 g/mol. The zero-order chi connectivity index (χ0) is 11.0. The SMILES string of the molecule is CCN(CCCCC(=O)NC)C(C)=O. The number of hydrogen-bond acceptors (Lipinski definition) is 2. The molecule has 14 heavy (non-hydrogen) atoms. The molecule has 0 aliphatic rings. The minimum absolute atomic E-state index is 0.0656. The molecule has 82 valence electrons. The van der Waals surface area contributed by atoms with Gasteiger partial charge in [0, 0.05) is 33.5 Å². The minimum Gasteiger partial charge on any atom is -0.359 e. The Hall–Kier alpha value is -1.06. The molecule has 0 aliphatic heterocycles. The third-order valence-corrected chi connectivity index (χ3v) is 2.19. The summed E-state index contributed by atoms with van der Waals surface area (Å²) in [5, 5.41) is 2.57. The van der Waals surface area contributed by atoms with Crippen molar-refractivity contribution in [3.05, 3.63) is 0 Å². The maximum Gasteiger partial charge on any atom is 0.219 e. The van der Waals surface area contributed by atoms with E-state index in [-0.39, 0.29) is 11.8 Å². The van der Waals surface area contributed by atoms with Crippen LogP contribution in [0.1, 0.15) is 33.1 Å².